The van der Waals surface area contributed by atoms with Gasteiger partial charge in [-0.3, -0.25) is 0 Å². The number of hydrogen-bond donors (Lipinski definition) is 1. The molecule has 0 spiro atoms. The number of nitrogens with one attached hydrogen (secondary N) is 1. The Kier molecular flexibility index (Phi) is 4.32. The molecule has 1 fully saturated rings. The minimum absolute atomic E-state index is 0.523. The molecule has 1 heterocycles. The summed E-state index contributed by atoms with van der Waals surface area (Å²) in [5.41, 5.74) is 2.01. The molecule has 2 aromatic rings. The third-order valence-electron chi connectivity index (χ3n) is 3.95. The zero-order valence-corrected chi connectivity index (χ0v) is 13.4. The van der Waals surface area contributed by atoms with Gasteiger partial charge in [0, 0.05) is 30.3 Å². The molecule has 1 aromatic carbocycles. The molecule has 0 bridgehead atoms. The van der Waals surface area contributed by atoms with Gasteiger partial charge in [0.05, 0.1) is 10.0 Å². The Hall–Kier alpha value is -1.32. The molecular weight excluding hydrogens is 305 g/mol. The van der Waals surface area contributed by atoms with E-state index in [2.05, 4.69) is 16.4 Å². The van der Waals surface area contributed by atoms with Gasteiger partial charge in [0.15, 0.2) is 5.82 Å². The lowest BCUT2D eigenvalue weighted by atomic mass is 10.0. The second-order valence-corrected chi connectivity index (χ2v) is 6.18. The van der Waals surface area contributed by atoms with E-state index < -0.39 is 0 Å². The molecule has 1 aliphatic rings. The predicted molar refractivity (Wildman–Crippen MR) is 88.2 cm³/mol. The van der Waals surface area contributed by atoms with Crippen molar-refractivity contribution < 1.29 is 0 Å². The van der Waals surface area contributed by atoms with Crippen LogP contribution in [-0.4, -0.2) is 17.0 Å². The zero-order valence-electron chi connectivity index (χ0n) is 11.9. The molecule has 1 aromatic heterocycles. The summed E-state index contributed by atoms with van der Waals surface area (Å²) in [7, 11) is 1.87. The van der Waals surface area contributed by atoms with E-state index in [1.165, 1.54) is 25.7 Å². The van der Waals surface area contributed by atoms with Crippen LogP contribution in [0.15, 0.2) is 24.3 Å². The fraction of sp³-hybridized carbons (Fsp3) is 0.375. The normalized spacial score (nSPS) is 15.4. The molecule has 0 unspecified atom stereocenters. The maximum atomic E-state index is 6.10. The highest BCUT2D eigenvalue weighted by Gasteiger charge is 2.20. The minimum Gasteiger partial charge on any atom is -0.373 e. The SMILES string of the molecule is CNc1cc(C2CCCC2)nc(-c2ccc(Cl)c(Cl)c2)n1. The maximum absolute atomic E-state index is 6.10. The standard InChI is InChI=1S/C16H17Cl2N3/c1-19-15-9-14(10-4-2-3-5-10)20-16(21-15)11-6-7-12(17)13(18)8-11/h6-10H,2-5H2,1H3,(H,19,20,21). The highest BCUT2D eigenvalue weighted by molar-refractivity contribution is 6.42. The van der Waals surface area contributed by atoms with Crippen molar-refractivity contribution in [3.63, 3.8) is 0 Å². The molecule has 1 N–H and O–H groups in total. The highest BCUT2D eigenvalue weighted by Crippen LogP contribution is 2.35. The van der Waals surface area contributed by atoms with E-state index in [0.717, 1.165) is 17.1 Å². The molecular formula is C16H17Cl2N3. The van der Waals surface area contributed by atoms with Crippen LogP contribution in [-0.2, 0) is 0 Å². The van der Waals surface area contributed by atoms with Crippen molar-refractivity contribution in [2.75, 3.05) is 12.4 Å². The van der Waals surface area contributed by atoms with Gasteiger partial charge in [0.2, 0.25) is 0 Å². The van der Waals surface area contributed by atoms with Gasteiger partial charge in [-0.1, -0.05) is 36.0 Å². The van der Waals surface area contributed by atoms with E-state index in [9.17, 15) is 0 Å². The number of rotatable bonds is 3. The summed E-state index contributed by atoms with van der Waals surface area (Å²) in [6.07, 6.45) is 4.99. The maximum Gasteiger partial charge on any atom is 0.161 e. The Morgan fingerprint density at radius 1 is 1.05 bits per heavy atom. The fourth-order valence-electron chi connectivity index (χ4n) is 2.79. The smallest absolute Gasteiger partial charge is 0.161 e. The van der Waals surface area contributed by atoms with Crippen LogP contribution in [0.2, 0.25) is 10.0 Å². The molecule has 0 radical (unpaired) electrons. The topological polar surface area (TPSA) is 37.8 Å². The van der Waals surface area contributed by atoms with Crippen molar-refractivity contribution in [2.45, 2.75) is 31.6 Å². The van der Waals surface area contributed by atoms with Crippen LogP contribution in [0.5, 0.6) is 0 Å². The molecule has 110 valence electrons. The summed E-state index contributed by atoms with van der Waals surface area (Å²) in [6, 6.07) is 7.55. The Labute approximate surface area is 134 Å². The van der Waals surface area contributed by atoms with E-state index in [0.29, 0.717) is 21.8 Å². The Morgan fingerprint density at radius 3 is 2.48 bits per heavy atom. The summed E-state index contributed by atoms with van der Waals surface area (Å²) in [6.45, 7) is 0. The van der Waals surface area contributed by atoms with Crippen molar-refractivity contribution in [3.8, 4) is 11.4 Å². The van der Waals surface area contributed by atoms with E-state index >= 15 is 0 Å². The molecule has 0 aliphatic heterocycles. The van der Waals surface area contributed by atoms with E-state index in [1.807, 2.05) is 19.2 Å². The first-order valence-corrected chi connectivity index (χ1v) is 7.95. The number of hydrogen-bond acceptors (Lipinski definition) is 3. The average molecular weight is 322 g/mol. The average Bonchev–Trinajstić information content (AvgIpc) is 3.04. The largest absolute Gasteiger partial charge is 0.373 e. The molecule has 1 aliphatic carbocycles. The lowest BCUT2D eigenvalue weighted by molar-refractivity contribution is 0.696. The van der Waals surface area contributed by atoms with Crippen molar-refractivity contribution in [1.82, 2.24) is 9.97 Å². The van der Waals surface area contributed by atoms with Gasteiger partial charge in [-0.15, -0.1) is 0 Å². The third-order valence-corrected chi connectivity index (χ3v) is 4.69. The predicted octanol–water partition coefficient (Wildman–Crippen LogP) is 5.15. The van der Waals surface area contributed by atoms with Gasteiger partial charge >= 0.3 is 0 Å². The van der Waals surface area contributed by atoms with Crippen molar-refractivity contribution in [1.29, 1.82) is 0 Å². The Balaban J connectivity index is 2.04. The molecule has 21 heavy (non-hydrogen) atoms. The van der Waals surface area contributed by atoms with Gasteiger partial charge < -0.3 is 5.32 Å². The summed E-state index contributed by atoms with van der Waals surface area (Å²) in [4.78, 5) is 9.29. The lowest BCUT2D eigenvalue weighted by Gasteiger charge is -2.12. The fourth-order valence-corrected chi connectivity index (χ4v) is 3.09. The molecule has 0 atom stereocenters. The first-order chi connectivity index (χ1) is 10.2. The van der Waals surface area contributed by atoms with Crippen molar-refractivity contribution in [2.24, 2.45) is 0 Å². The first-order valence-electron chi connectivity index (χ1n) is 7.19. The van der Waals surface area contributed by atoms with Gasteiger partial charge in [-0.25, -0.2) is 9.97 Å². The molecule has 3 nitrogen and oxygen atoms in total. The van der Waals surface area contributed by atoms with Gasteiger partial charge in [-0.05, 0) is 31.0 Å². The first kappa shape index (κ1) is 14.6. The van der Waals surface area contributed by atoms with Crippen LogP contribution < -0.4 is 5.32 Å². The van der Waals surface area contributed by atoms with Crippen molar-refractivity contribution >= 4 is 29.0 Å². The molecule has 0 saturated heterocycles. The van der Waals surface area contributed by atoms with E-state index in [-0.39, 0.29) is 0 Å². The Bertz CT molecular complexity index is 652. The number of aromatic nitrogens is 2. The zero-order chi connectivity index (χ0) is 14.8. The van der Waals surface area contributed by atoms with Crippen LogP contribution in [0.3, 0.4) is 0 Å². The summed E-state index contributed by atoms with van der Waals surface area (Å²) < 4.78 is 0. The number of benzene rings is 1. The van der Waals surface area contributed by atoms with Crippen LogP contribution in [0.1, 0.15) is 37.3 Å². The van der Waals surface area contributed by atoms with Crippen molar-refractivity contribution in [3.05, 3.63) is 40.0 Å². The van der Waals surface area contributed by atoms with Crippen LogP contribution in [0, 0.1) is 0 Å². The second-order valence-electron chi connectivity index (χ2n) is 5.36. The van der Waals surface area contributed by atoms with Gasteiger partial charge in [0.25, 0.3) is 0 Å². The summed E-state index contributed by atoms with van der Waals surface area (Å²) in [5.74, 6) is 2.08. The molecule has 0 amide bonds. The molecule has 5 heteroatoms. The van der Waals surface area contributed by atoms with Crippen LogP contribution >= 0.6 is 23.2 Å². The minimum atomic E-state index is 0.523. The lowest BCUT2D eigenvalue weighted by Crippen LogP contribution is -2.03. The quantitative estimate of drug-likeness (QED) is 0.849. The van der Waals surface area contributed by atoms with Crippen LogP contribution in [0.25, 0.3) is 11.4 Å². The number of halogens is 2. The molecule has 3 rings (SSSR count). The number of anilines is 1. The summed E-state index contributed by atoms with van der Waals surface area (Å²) >= 11 is 12.1. The van der Waals surface area contributed by atoms with E-state index in [4.69, 9.17) is 28.2 Å². The third kappa shape index (κ3) is 3.14. The van der Waals surface area contributed by atoms with Crippen LogP contribution in [0.4, 0.5) is 5.82 Å². The van der Waals surface area contributed by atoms with Gasteiger partial charge in [-0.2, -0.15) is 0 Å². The second kappa shape index (κ2) is 6.20. The van der Waals surface area contributed by atoms with E-state index in [1.54, 1.807) is 6.07 Å². The number of nitrogens with zero attached hydrogens (tertiary/aromatic N) is 2. The highest BCUT2D eigenvalue weighted by atomic mass is 35.5. The molecule has 1 saturated carbocycles. The summed E-state index contributed by atoms with van der Waals surface area (Å²) in [5, 5.41) is 4.18. The van der Waals surface area contributed by atoms with Gasteiger partial charge in [0.1, 0.15) is 5.82 Å². The monoisotopic (exact) mass is 321 g/mol. The Morgan fingerprint density at radius 2 is 1.81 bits per heavy atom.